The van der Waals surface area contributed by atoms with E-state index in [9.17, 15) is 14.4 Å². The number of nitrogens with zero attached hydrogens (tertiary/aromatic N) is 1. The maximum atomic E-state index is 11.3. The smallest absolute Gasteiger partial charge is 0.341 e. The number of carbonyl (C=O) groups excluding carboxylic acids is 3. The number of carbonyl (C=O) groups is 3. The van der Waals surface area contributed by atoms with Crippen molar-refractivity contribution >= 4 is 83.3 Å². The summed E-state index contributed by atoms with van der Waals surface area (Å²) in [4.78, 5) is 33.5. The van der Waals surface area contributed by atoms with Gasteiger partial charge < -0.3 is 37.1 Å². The zero-order chi connectivity index (χ0) is 33.8. The van der Waals surface area contributed by atoms with Gasteiger partial charge in [0.05, 0.1) is 42.1 Å². The highest BCUT2D eigenvalue weighted by Crippen LogP contribution is 2.23. The summed E-state index contributed by atoms with van der Waals surface area (Å²) in [6, 6.07) is 7.06. The molecule has 0 aliphatic heterocycles. The summed E-state index contributed by atoms with van der Waals surface area (Å²) >= 11 is 5.44. The van der Waals surface area contributed by atoms with Crippen LogP contribution in [-0.2, 0) is 14.2 Å². The molecule has 4 aromatic rings. The van der Waals surface area contributed by atoms with Crippen LogP contribution in [0.15, 0.2) is 39.7 Å². The van der Waals surface area contributed by atoms with Gasteiger partial charge >= 0.3 is 17.9 Å². The topological polar surface area (TPSA) is 207 Å². The molecule has 0 fully saturated rings. The summed E-state index contributed by atoms with van der Waals surface area (Å²) in [7, 11) is 0. The largest absolute Gasteiger partial charge is 0.462 e. The van der Waals surface area contributed by atoms with Crippen LogP contribution in [0.25, 0.3) is 0 Å². The number of nitrogens with two attached hydrogens (primary N) is 4. The van der Waals surface area contributed by atoms with Crippen molar-refractivity contribution in [1.82, 2.24) is 0 Å². The molecular formula is C30H39N5O6S4. The summed E-state index contributed by atoms with van der Waals surface area (Å²) in [6.45, 7) is 8.95. The third kappa shape index (κ3) is 13.6. The van der Waals surface area contributed by atoms with E-state index in [1.54, 1.807) is 41.3 Å². The number of rotatable bonds is 9. The maximum Gasteiger partial charge on any atom is 0.341 e. The molecule has 0 aromatic carbocycles. The number of nitrogen functional groups attached to an aromatic ring is 4. The van der Waals surface area contributed by atoms with Crippen LogP contribution < -0.4 is 22.9 Å². The van der Waals surface area contributed by atoms with E-state index in [0.717, 1.165) is 24.8 Å². The normalized spacial score (nSPS) is 9.58. The van der Waals surface area contributed by atoms with E-state index in [2.05, 4.69) is 0 Å². The molecule has 0 saturated heterocycles. The molecule has 11 nitrogen and oxygen atoms in total. The Morgan fingerprint density at radius 3 is 1.42 bits per heavy atom. The molecule has 0 aliphatic carbocycles. The van der Waals surface area contributed by atoms with Gasteiger partial charge in [0.15, 0.2) is 0 Å². The Hall–Kier alpha value is -4.10. The molecule has 4 rings (SSSR count). The molecule has 4 aromatic heterocycles. The van der Waals surface area contributed by atoms with Gasteiger partial charge in [0.1, 0.15) is 26.1 Å². The van der Waals surface area contributed by atoms with Crippen molar-refractivity contribution in [3.63, 3.8) is 0 Å². The Morgan fingerprint density at radius 1 is 0.689 bits per heavy atom. The first-order valence-electron chi connectivity index (χ1n) is 13.8. The van der Waals surface area contributed by atoms with E-state index in [1.807, 2.05) is 32.2 Å². The van der Waals surface area contributed by atoms with E-state index in [1.165, 1.54) is 45.3 Å². The second kappa shape index (κ2) is 21.6. The summed E-state index contributed by atoms with van der Waals surface area (Å²) in [6.07, 6.45) is 2.75. The highest BCUT2D eigenvalue weighted by atomic mass is 32.1. The Labute approximate surface area is 279 Å². The molecule has 4 heterocycles. The van der Waals surface area contributed by atoms with Gasteiger partial charge in [-0.3, -0.25) is 0 Å². The lowest BCUT2D eigenvalue weighted by atomic mass is 10.2. The van der Waals surface area contributed by atoms with Gasteiger partial charge in [-0.05, 0) is 72.0 Å². The SMILES string of the molecule is CCCCOC(=O)c1ccsc1N.CCCOC(=O)c1ccsc1N.CCOC(=O)c1ccsc1N.Cc1csc(N)c1C#N. The van der Waals surface area contributed by atoms with Gasteiger partial charge in [0.2, 0.25) is 0 Å². The first-order chi connectivity index (χ1) is 21.5. The average Bonchev–Trinajstić information content (AvgIpc) is 3.82. The molecule has 8 N–H and O–H groups in total. The minimum absolute atomic E-state index is 0.313. The van der Waals surface area contributed by atoms with Crippen molar-refractivity contribution in [3.8, 4) is 6.07 Å². The molecule has 0 atom stereocenters. The van der Waals surface area contributed by atoms with Crippen molar-refractivity contribution in [2.45, 2.75) is 47.0 Å². The van der Waals surface area contributed by atoms with Crippen LogP contribution in [0, 0.1) is 18.3 Å². The molecule has 0 bridgehead atoms. The Morgan fingerprint density at radius 2 is 1.13 bits per heavy atom. The Balaban J connectivity index is 0.000000302. The van der Waals surface area contributed by atoms with E-state index >= 15 is 0 Å². The molecule has 45 heavy (non-hydrogen) atoms. The highest BCUT2D eigenvalue weighted by molar-refractivity contribution is 7.15. The number of nitriles is 1. The molecule has 0 saturated carbocycles. The summed E-state index contributed by atoms with van der Waals surface area (Å²) in [5.41, 5.74) is 25.1. The number of hydrogen-bond acceptors (Lipinski definition) is 15. The van der Waals surface area contributed by atoms with Crippen molar-refractivity contribution in [2.75, 3.05) is 42.8 Å². The molecule has 0 amide bonds. The minimum Gasteiger partial charge on any atom is -0.462 e. The summed E-state index contributed by atoms with van der Waals surface area (Å²) in [5, 5.41) is 17.9. The quantitative estimate of drug-likeness (QED) is 0.0783. The maximum absolute atomic E-state index is 11.3. The average molecular weight is 694 g/mol. The van der Waals surface area contributed by atoms with Gasteiger partial charge in [0, 0.05) is 0 Å². The van der Waals surface area contributed by atoms with Crippen molar-refractivity contribution in [2.24, 2.45) is 0 Å². The van der Waals surface area contributed by atoms with Crippen LogP contribution in [0.5, 0.6) is 0 Å². The van der Waals surface area contributed by atoms with Gasteiger partial charge in [-0.2, -0.15) is 5.26 Å². The monoisotopic (exact) mass is 693 g/mol. The molecule has 0 aliphatic rings. The number of aryl methyl sites for hydroxylation is 1. The van der Waals surface area contributed by atoms with Crippen LogP contribution in [-0.4, -0.2) is 37.7 Å². The fraction of sp³-hybridized carbons (Fsp3) is 0.333. The van der Waals surface area contributed by atoms with Crippen molar-refractivity contribution in [1.29, 1.82) is 5.26 Å². The number of esters is 3. The predicted octanol–water partition coefficient (Wildman–Crippen LogP) is 7.20. The van der Waals surface area contributed by atoms with Gasteiger partial charge in [0.25, 0.3) is 0 Å². The van der Waals surface area contributed by atoms with E-state index in [0.29, 0.717) is 62.1 Å². The fourth-order valence-corrected chi connectivity index (χ4v) is 5.58. The van der Waals surface area contributed by atoms with Crippen LogP contribution in [0.2, 0.25) is 0 Å². The van der Waals surface area contributed by atoms with Crippen LogP contribution in [0.3, 0.4) is 0 Å². The van der Waals surface area contributed by atoms with Gasteiger partial charge in [-0.15, -0.1) is 45.3 Å². The lowest BCUT2D eigenvalue weighted by molar-refractivity contribution is 0.0494. The summed E-state index contributed by atoms with van der Waals surface area (Å²) < 4.78 is 14.7. The van der Waals surface area contributed by atoms with E-state index in [4.69, 9.17) is 42.4 Å². The lowest BCUT2D eigenvalue weighted by Crippen LogP contribution is -2.06. The van der Waals surface area contributed by atoms with Gasteiger partial charge in [-0.25, -0.2) is 14.4 Å². The molecule has 0 unspecified atom stereocenters. The minimum atomic E-state index is -0.341. The lowest BCUT2D eigenvalue weighted by Gasteiger charge is -2.02. The third-order valence-electron chi connectivity index (χ3n) is 5.30. The van der Waals surface area contributed by atoms with Crippen molar-refractivity contribution in [3.05, 3.63) is 67.5 Å². The molecule has 15 heteroatoms. The third-order valence-corrected chi connectivity index (χ3v) is 8.47. The molecular weight excluding hydrogens is 655 g/mol. The zero-order valence-corrected chi connectivity index (χ0v) is 28.9. The number of hydrogen-bond donors (Lipinski definition) is 4. The first-order valence-corrected chi connectivity index (χ1v) is 17.3. The van der Waals surface area contributed by atoms with E-state index < -0.39 is 0 Å². The second-order valence-corrected chi connectivity index (χ2v) is 12.5. The Bertz CT molecular complexity index is 1500. The zero-order valence-electron chi connectivity index (χ0n) is 25.6. The number of ether oxygens (including phenoxy) is 3. The van der Waals surface area contributed by atoms with Crippen LogP contribution >= 0.6 is 45.3 Å². The first kappa shape index (κ1) is 38.9. The van der Waals surface area contributed by atoms with Crippen LogP contribution in [0.1, 0.15) is 82.2 Å². The highest BCUT2D eigenvalue weighted by Gasteiger charge is 2.12. The fourth-order valence-electron chi connectivity index (χ4n) is 2.94. The Kier molecular flexibility index (Phi) is 18.7. The standard InChI is InChI=1S/C9H13NO2S.C8H11NO2S.C7H9NO2S.C6H6N2S/c1-2-3-5-12-9(11)7-4-6-13-8(7)10;1-2-4-11-8(10)6-3-5-12-7(6)9;1-2-10-7(9)5-3-4-11-6(5)8;1-4-3-9-6(8)5(4)2-7/h4,6H,2-3,5,10H2,1H3;3,5H,2,4,9H2,1H3;3-4H,2,8H2,1H3;3H,8H2,1H3. The second-order valence-electron chi connectivity index (χ2n) is 8.71. The van der Waals surface area contributed by atoms with E-state index in [-0.39, 0.29) is 17.9 Å². The number of anilines is 4. The molecule has 0 spiro atoms. The molecule has 244 valence electrons. The number of unbranched alkanes of at least 4 members (excludes halogenated alkanes) is 1. The van der Waals surface area contributed by atoms with Gasteiger partial charge in [-0.1, -0.05) is 20.3 Å². The molecule has 0 radical (unpaired) electrons. The summed E-state index contributed by atoms with van der Waals surface area (Å²) in [5.74, 6) is -0.978. The van der Waals surface area contributed by atoms with Crippen molar-refractivity contribution < 1.29 is 28.6 Å². The number of thiophene rings is 4. The van der Waals surface area contributed by atoms with Crippen LogP contribution in [0.4, 0.5) is 20.0 Å². The predicted molar refractivity (Wildman–Crippen MR) is 186 cm³/mol.